The molecule has 4 N–H and O–H groups in total. The molecular formula is C33H36ClN5O6S. The lowest BCUT2D eigenvalue weighted by atomic mass is 10.0. The summed E-state index contributed by atoms with van der Waals surface area (Å²) in [5.41, 5.74) is 7.97. The molecule has 1 aromatic heterocycles. The topological polar surface area (TPSA) is 155 Å². The van der Waals surface area contributed by atoms with Gasteiger partial charge in [-0.3, -0.25) is 9.69 Å². The molecule has 4 aromatic rings. The number of carboxylic acid groups (broad SMARTS) is 1. The second kappa shape index (κ2) is 13.1. The van der Waals surface area contributed by atoms with Gasteiger partial charge in [0.15, 0.2) is 9.84 Å². The zero-order valence-electron chi connectivity index (χ0n) is 25.9. The number of benzene rings is 3. The van der Waals surface area contributed by atoms with Gasteiger partial charge in [0.05, 0.1) is 28.3 Å². The van der Waals surface area contributed by atoms with Crippen LogP contribution in [0.5, 0.6) is 5.75 Å². The predicted octanol–water partition coefficient (Wildman–Crippen LogP) is 6.29. The first-order valence-electron chi connectivity index (χ1n) is 14.7. The van der Waals surface area contributed by atoms with E-state index in [4.69, 9.17) is 22.1 Å². The molecule has 242 valence electrons. The number of nitrogen functional groups attached to an aromatic ring is 1. The zero-order valence-corrected chi connectivity index (χ0v) is 27.5. The molecule has 2 amide bonds. The quantitative estimate of drug-likeness (QED) is 0.187. The van der Waals surface area contributed by atoms with Crippen LogP contribution in [-0.4, -0.2) is 61.4 Å². The van der Waals surface area contributed by atoms with Crippen LogP contribution >= 0.6 is 11.6 Å². The number of fused-ring (bicyclic) bond motifs is 1. The number of carbonyl (C=O) groups excluding carboxylic acids is 1. The first kappa shape index (κ1) is 32.8. The molecule has 0 bridgehead atoms. The first-order valence-corrected chi connectivity index (χ1v) is 16.6. The standard InChI is InChI=1S/C33H36ClN5O6S/c1-19(2)46(43,44)29-12-9-23(38(3)33(41)42)18-25(29)27-6-5-15-39(27)32(40)30(21-7-11-26(34)28(17-21)45-4)37-22-8-10-24-20(16-22)13-14-36-31(24)35/h7-14,16-19,27,30,37H,5-6,15H2,1-4H3,(H2,35,36)(H,41,42)/t27-,30+/m1/s1. The van der Waals surface area contributed by atoms with E-state index in [0.29, 0.717) is 58.5 Å². The van der Waals surface area contributed by atoms with Crippen molar-refractivity contribution in [3.05, 3.63) is 83.0 Å². The fourth-order valence-electron chi connectivity index (χ4n) is 5.75. The zero-order chi connectivity index (χ0) is 33.3. The number of aromatic nitrogens is 1. The number of hydrogen-bond acceptors (Lipinski definition) is 8. The second-order valence-corrected chi connectivity index (χ2v) is 14.3. The van der Waals surface area contributed by atoms with Gasteiger partial charge in [-0.05, 0) is 97.8 Å². The van der Waals surface area contributed by atoms with Gasteiger partial charge in [0.25, 0.3) is 0 Å². The van der Waals surface area contributed by atoms with Crippen LogP contribution in [0.25, 0.3) is 10.8 Å². The molecule has 2 atom stereocenters. The summed E-state index contributed by atoms with van der Waals surface area (Å²) in [6, 6.07) is 15.4. The molecule has 0 saturated carbocycles. The molecule has 11 nitrogen and oxygen atoms in total. The molecule has 0 aliphatic carbocycles. The lowest BCUT2D eigenvalue weighted by Gasteiger charge is -2.32. The summed E-state index contributed by atoms with van der Waals surface area (Å²) in [5, 5.41) is 14.3. The fourth-order valence-corrected chi connectivity index (χ4v) is 7.23. The van der Waals surface area contributed by atoms with E-state index >= 15 is 0 Å². The lowest BCUT2D eigenvalue weighted by molar-refractivity contribution is -0.133. The van der Waals surface area contributed by atoms with Crippen LogP contribution in [0.4, 0.5) is 22.0 Å². The van der Waals surface area contributed by atoms with Crippen molar-refractivity contribution in [3.8, 4) is 5.75 Å². The molecule has 1 aliphatic heterocycles. The highest BCUT2D eigenvalue weighted by molar-refractivity contribution is 7.92. The molecule has 1 aliphatic rings. The smallest absolute Gasteiger partial charge is 0.411 e. The van der Waals surface area contributed by atoms with Gasteiger partial charge >= 0.3 is 6.09 Å². The molecule has 0 radical (unpaired) electrons. The van der Waals surface area contributed by atoms with Crippen LogP contribution in [0, 0.1) is 0 Å². The Morgan fingerprint density at radius 1 is 1.13 bits per heavy atom. The average Bonchev–Trinajstić information content (AvgIpc) is 3.53. The summed E-state index contributed by atoms with van der Waals surface area (Å²) in [5.74, 6) is 0.483. The highest BCUT2D eigenvalue weighted by Crippen LogP contribution is 2.41. The molecule has 3 aromatic carbocycles. The van der Waals surface area contributed by atoms with E-state index in [9.17, 15) is 23.1 Å². The minimum atomic E-state index is -3.78. The highest BCUT2D eigenvalue weighted by Gasteiger charge is 2.38. The first-order chi connectivity index (χ1) is 21.8. The number of hydrogen-bond donors (Lipinski definition) is 3. The number of ether oxygens (including phenoxy) is 1. The Bertz CT molecular complexity index is 1920. The van der Waals surface area contributed by atoms with Crippen LogP contribution in [0.1, 0.15) is 49.9 Å². The van der Waals surface area contributed by atoms with Crippen molar-refractivity contribution in [2.45, 2.75) is 48.9 Å². The fraction of sp³-hybridized carbons (Fsp3) is 0.303. The van der Waals surface area contributed by atoms with Crippen molar-refractivity contribution in [1.82, 2.24) is 9.88 Å². The number of anilines is 3. The Labute approximate surface area is 272 Å². The number of rotatable bonds is 9. The third kappa shape index (κ3) is 6.27. The maximum absolute atomic E-state index is 14.7. The minimum Gasteiger partial charge on any atom is -0.495 e. The van der Waals surface area contributed by atoms with Crippen molar-refractivity contribution < 1.29 is 27.9 Å². The van der Waals surface area contributed by atoms with Crippen LogP contribution in [-0.2, 0) is 14.6 Å². The summed E-state index contributed by atoms with van der Waals surface area (Å²) in [7, 11) is -0.905. The maximum atomic E-state index is 14.7. The van der Waals surface area contributed by atoms with E-state index in [1.54, 1.807) is 49.2 Å². The summed E-state index contributed by atoms with van der Waals surface area (Å²) < 4.78 is 32.5. The Morgan fingerprint density at radius 3 is 2.59 bits per heavy atom. The van der Waals surface area contributed by atoms with Crippen LogP contribution in [0.15, 0.2) is 71.8 Å². The van der Waals surface area contributed by atoms with E-state index in [1.807, 2.05) is 24.3 Å². The molecule has 46 heavy (non-hydrogen) atoms. The van der Waals surface area contributed by atoms with E-state index in [-0.39, 0.29) is 10.8 Å². The molecule has 0 spiro atoms. The highest BCUT2D eigenvalue weighted by atomic mass is 35.5. The van der Waals surface area contributed by atoms with Crippen LogP contribution < -0.4 is 20.7 Å². The largest absolute Gasteiger partial charge is 0.495 e. The Hall–Kier alpha value is -4.55. The van der Waals surface area contributed by atoms with Crippen molar-refractivity contribution in [3.63, 3.8) is 0 Å². The van der Waals surface area contributed by atoms with E-state index in [1.165, 1.54) is 26.3 Å². The van der Waals surface area contributed by atoms with Crippen molar-refractivity contribution in [2.75, 3.05) is 36.7 Å². The number of pyridine rings is 1. The normalized spacial score (nSPS) is 15.6. The van der Waals surface area contributed by atoms with Gasteiger partial charge in [-0.25, -0.2) is 18.2 Å². The van der Waals surface area contributed by atoms with Gasteiger partial charge < -0.3 is 25.8 Å². The summed E-state index contributed by atoms with van der Waals surface area (Å²) in [6.45, 7) is 3.55. The van der Waals surface area contributed by atoms with Crippen molar-refractivity contribution in [2.24, 2.45) is 0 Å². The molecule has 2 heterocycles. The molecular weight excluding hydrogens is 630 g/mol. The molecule has 0 unspecified atom stereocenters. The van der Waals surface area contributed by atoms with Crippen LogP contribution in [0.2, 0.25) is 5.02 Å². The predicted molar refractivity (Wildman–Crippen MR) is 179 cm³/mol. The summed E-state index contributed by atoms with van der Waals surface area (Å²) in [6.07, 6.45) is 1.53. The van der Waals surface area contributed by atoms with Gasteiger partial charge in [0.2, 0.25) is 5.91 Å². The number of likely N-dealkylation sites (tertiary alicyclic amines) is 1. The Morgan fingerprint density at radius 2 is 1.89 bits per heavy atom. The average molecular weight is 666 g/mol. The summed E-state index contributed by atoms with van der Waals surface area (Å²) >= 11 is 6.34. The maximum Gasteiger partial charge on any atom is 0.411 e. The number of nitrogens with two attached hydrogens (primary N) is 1. The van der Waals surface area contributed by atoms with Crippen LogP contribution in [0.3, 0.4) is 0 Å². The van der Waals surface area contributed by atoms with E-state index < -0.39 is 33.3 Å². The third-order valence-electron chi connectivity index (χ3n) is 8.35. The van der Waals surface area contributed by atoms with Gasteiger partial charge in [-0.15, -0.1) is 0 Å². The third-order valence-corrected chi connectivity index (χ3v) is 10.9. The van der Waals surface area contributed by atoms with E-state index in [2.05, 4.69) is 10.3 Å². The molecule has 5 rings (SSSR count). The van der Waals surface area contributed by atoms with Gasteiger partial charge in [0.1, 0.15) is 17.6 Å². The Kier molecular flexibility index (Phi) is 9.32. The monoisotopic (exact) mass is 665 g/mol. The number of amides is 2. The number of halogens is 1. The lowest BCUT2D eigenvalue weighted by Crippen LogP contribution is -2.38. The molecule has 1 fully saturated rings. The number of sulfone groups is 1. The van der Waals surface area contributed by atoms with Gasteiger partial charge in [-0.1, -0.05) is 17.7 Å². The number of nitrogens with zero attached hydrogens (tertiary/aromatic N) is 3. The number of carbonyl (C=O) groups is 2. The van der Waals surface area contributed by atoms with Gasteiger partial charge in [-0.2, -0.15) is 0 Å². The number of nitrogens with one attached hydrogen (secondary N) is 1. The van der Waals surface area contributed by atoms with Gasteiger partial charge in [0, 0.05) is 36.6 Å². The molecule has 13 heteroatoms. The van der Waals surface area contributed by atoms with Crippen molar-refractivity contribution >= 4 is 61.4 Å². The molecule has 1 saturated heterocycles. The minimum absolute atomic E-state index is 0.0770. The summed E-state index contributed by atoms with van der Waals surface area (Å²) in [4.78, 5) is 33.4. The second-order valence-electron chi connectivity index (χ2n) is 11.5. The number of methoxy groups -OCH3 is 1. The van der Waals surface area contributed by atoms with Crippen molar-refractivity contribution in [1.29, 1.82) is 0 Å². The Balaban J connectivity index is 1.61. The SMILES string of the molecule is COc1cc([C@H](Nc2ccc3c(N)nccc3c2)C(=O)N2CCC[C@@H]2c2cc(N(C)C(=O)O)ccc2S(=O)(=O)C(C)C)ccc1Cl. The van der Waals surface area contributed by atoms with E-state index in [0.717, 1.165) is 15.7 Å².